The number of anilines is 2. The molecule has 5 aromatic rings. The van der Waals surface area contributed by atoms with Gasteiger partial charge in [-0.3, -0.25) is 4.79 Å². The van der Waals surface area contributed by atoms with Crippen LogP contribution in [0.2, 0.25) is 0 Å². The highest BCUT2D eigenvalue weighted by molar-refractivity contribution is 6.03. The van der Waals surface area contributed by atoms with Crippen molar-refractivity contribution >= 4 is 17.4 Å². The Hall–Kier alpha value is -5.32. The summed E-state index contributed by atoms with van der Waals surface area (Å²) in [7, 11) is 4.73. The van der Waals surface area contributed by atoms with Crippen LogP contribution in [0.25, 0.3) is 11.3 Å². The average molecular weight is 621 g/mol. The number of carbonyl (C=O) groups is 1. The molecular formula is C36H36N4O6. The van der Waals surface area contributed by atoms with Crippen molar-refractivity contribution in [2.24, 2.45) is 0 Å². The Morgan fingerprint density at radius 1 is 0.783 bits per heavy atom. The van der Waals surface area contributed by atoms with Crippen LogP contribution in [0.15, 0.2) is 97.1 Å². The third-order valence-electron chi connectivity index (χ3n) is 7.70. The first kappa shape index (κ1) is 30.7. The van der Waals surface area contributed by atoms with Crippen molar-refractivity contribution in [2.75, 3.05) is 40.2 Å². The normalized spacial score (nSPS) is 12.1. The Bertz CT molecular complexity index is 1760. The van der Waals surface area contributed by atoms with E-state index in [-0.39, 0.29) is 19.5 Å². The summed E-state index contributed by atoms with van der Waals surface area (Å²) in [6.45, 7) is 1.42. The molecule has 0 unspecified atom stereocenters. The molecule has 1 N–H and O–H groups in total. The van der Waals surface area contributed by atoms with Gasteiger partial charge in [0.25, 0.3) is 5.91 Å². The maximum absolute atomic E-state index is 14.4. The second-order valence-electron chi connectivity index (χ2n) is 10.8. The largest absolute Gasteiger partial charge is 0.497 e. The number of ether oxygens (including phenoxy) is 5. The lowest BCUT2D eigenvalue weighted by atomic mass is 10.1. The standard InChI is InChI=1S/C36H36N4O6/c1-42-23-45-30-17-32(35(33(18-30)46-24-43-2)36(41)39-21-27-11-7-8-12-28(27)22-39)37-34-19-31(26-9-5-4-6-10-26)38-40(34)20-25-13-15-29(44-3)16-14-25/h4-19,37H,20-24H2,1-3H3. The van der Waals surface area contributed by atoms with E-state index in [2.05, 4.69) is 17.4 Å². The molecule has 1 aliphatic rings. The van der Waals surface area contributed by atoms with Crippen LogP contribution < -0.4 is 19.5 Å². The zero-order valence-electron chi connectivity index (χ0n) is 26.1. The third-order valence-corrected chi connectivity index (χ3v) is 7.70. The SMILES string of the molecule is COCOc1cc(Nc2cc(-c3ccccc3)nn2Cc2ccc(OC)cc2)c(C(=O)N2Cc3ccccc3C2)c(OCOC)c1. The second kappa shape index (κ2) is 14.2. The van der Waals surface area contributed by atoms with Gasteiger partial charge in [0.1, 0.15) is 28.6 Å². The molecule has 46 heavy (non-hydrogen) atoms. The molecule has 0 radical (unpaired) electrons. The van der Waals surface area contributed by atoms with Crippen LogP contribution in [-0.2, 0) is 29.1 Å². The molecule has 6 rings (SSSR count). The highest BCUT2D eigenvalue weighted by atomic mass is 16.7. The van der Waals surface area contributed by atoms with Gasteiger partial charge >= 0.3 is 0 Å². The number of fused-ring (bicyclic) bond motifs is 1. The molecule has 1 aromatic heterocycles. The molecule has 10 heteroatoms. The Morgan fingerprint density at radius 2 is 1.46 bits per heavy atom. The fraction of sp³-hybridized carbons (Fsp3) is 0.222. The number of amides is 1. The van der Waals surface area contributed by atoms with Crippen LogP contribution in [0.1, 0.15) is 27.0 Å². The monoisotopic (exact) mass is 620 g/mol. The molecule has 0 bridgehead atoms. The zero-order chi connectivity index (χ0) is 31.9. The van der Waals surface area contributed by atoms with E-state index in [1.807, 2.05) is 82.4 Å². The van der Waals surface area contributed by atoms with Gasteiger partial charge in [0, 0.05) is 51.1 Å². The Morgan fingerprint density at radius 3 is 2.13 bits per heavy atom. The van der Waals surface area contributed by atoms with Crippen LogP contribution in [-0.4, -0.2) is 55.5 Å². The fourth-order valence-corrected chi connectivity index (χ4v) is 5.42. The summed E-state index contributed by atoms with van der Waals surface area (Å²) in [5.41, 5.74) is 5.86. The first-order valence-corrected chi connectivity index (χ1v) is 14.9. The summed E-state index contributed by atoms with van der Waals surface area (Å²) in [5, 5.41) is 8.48. The zero-order valence-corrected chi connectivity index (χ0v) is 26.1. The summed E-state index contributed by atoms with van der Waals surface area (Å²) in [6.07, 6.45) is 0. The summed E-state index contributed by atoms with van der Waals surface area (Å²) in [5.74, 6) is 2.04. The van der Waals surface area contributed by atoms with Crippen molar-refractivity contribution < 1.29 is 28.5 Å². The van der Waals surface area contributed by atoms with E-state index in [0.29, 0.717) is 48.2 Å². The van der Waals surface area contributed by atoms with Gasteiger partial charge in [-0.2, -0.15) is 5.10 Å². The summed E-state index contributed by atoms with van der Waals surface area (Å²) in [6, 6.07) is 31.3. The molecule has 1 aliphatic heterocycles. The molecule has 2 heterocycles. The van der Waals surface area contributed by atoms with E-state index < -0.39 is 0 Å². The van der Waals surface area contributed by atoms with Crippen LogP contribution in [0.4, 0.5) is 11.5 Å². The third kappa shape index (κ3) is 6.83. The molecule has 0 saturated carbocycles. The number of hydrogen-bond acceptors (Lipinski definition) is 8. The Kier molecular flexibility index (Phi) is 9.47. The topological polar surface area (TPSA) is 96.3 Å². The number of nitrogens with one attached hydrogen (secondary N) is 1. The molecule has 236 valence electrons. The number of methoxy groups -OCH3 is 3. The maximum atomic E-state index is 14.4. The molecule has 1 amide bonds. The lowest BCUT2D eigenvalue weighted by Crippen LogP contribution is -2.27. The number of aromatic nitrogens is 2. The first-order chi connectivity index (χ1) is 22.6. The minimum Gasteiger partial charge on any atom is -0.497 e. The number of carbonyl (C=O) groups excluding carboxylic acids is 1. The summed E-state index contributed by atoms with van der Waals surface area (Å²) in [4.78, 5) is 16.2. The molecule has 0 aliphatic carbocycles. The number of rotatable bonds is 13. The van der Waals surface area contributed by atoms with Gasteiger partial charge in [-0.25, -0.2) is 4.68 Å². The summed E-state index contributed by atoms with van der Waals surface area (Å²) < 4.78 is 29.5. The quantitative estimate of drug-likeness (QED) is 0.150. The van der Waals surface area contributed by atoms with E-state index in [1.54, 1.807) is 26.4 Å². The van der Waals surface area contributed by atoms with Crippen molar-refractivity contribution in [1.82, 2.24) is 14.7 Å². The van der Waals surface area contributed by atoms with E-state index in [1.165, 1.54) is 7.11 Å². The van der Waals surface area contributed by atoms with E-state index >= 15 is 0 Å². The highest BCUT2D eigenvalue weighted by Gasteiger charge is 2.30. The van der Waals surface area contributed by atoms with Crippen LogP contribution >= 0.6 is 0 Å². The molecule has 10 nitrogen and oxygen atoms in total. The van der Waals surface area contributed by atoms with Crippen molar-refractivity contribution in [1.29, 1.82) is 0 Å². The fourth-order valence-electron chi connectivity index (χ4n) is 5.42. The van der Waals surface area contributed by atoms with Gasteiger partial charge in [0.15, 0.2) is 13.6 Å². The molecular weight excluding hydrogens is 584 g/mol. The minimum absolute atomic E-state index is 0.0193. The lowest BCUT2D eigenvalue weighted by Gasteiger charge is -2.22. The van der Waals surface area contributed by atoms with Crippen LogP contribution in [0, 0.1) is 0 Å². The van der Waals surface area contributed by atoms with Crippen molar-refractivity contribution in [3.63, 3.8) is 0 Å². The molecule has 0 spiro atoms. The number of nitrogens with zero attached hydrogens (tertiary/aromatic N) is 3. The van der Waals surface area contributed by atoms with Crippen LogP contribution in [0.3, 0.4) is 0 Å². The average Bonchev–Trinajstić information content (AvgIpc) is 3.71. The smallest absolute Gasteiger partial charge is 0.260 e. The van der Waals surface area contributed by atoms with Gasteiger partial charge in [-0.05, 0) is 28.8 Å². The number of hydrogen-bond donors (Lipinski definition) is 1. The van der Waals surface area contributed by atoms with Gasteiger partial charge in [-0.15, -0.1) is 0 Å². The molecule has 4 aromatic carbocycles. The lowest BCUT2D eigenvalue weighted by molar-refractivity contribution is 0.0450. The predicted molar refractivity (Wildman–Crippen MR) is 175 cm³/mol. The summed E-state index contributed by atoms with van der Waals surface area (Å²) >= 11 is 0. The highest BCUT2D eigenvalue weighted by Crippen LogP contribution is 2.38. The molecule has 0 fully saturated rings. The van der Waals surface area contributed by atoms with Crippen molar-refractivity contribution in [3.8, 4) is 28.5 Å². The first-order valence-electron chi connectivity index (χ1n) is 14.9. The Balaban J connectivity index is 1.43. The van der Waals surface area contributed by atoms with Gasteiger partial charge in [0.2, 0.25) is 0 Å². The number of benzene rings is 4. The van der Waals surface area contributed by atoms with Crippen LogP contribution in [0.5, 0.6) is 17.2 Å². The van der Waals surface area contributed by atoms with Crippen molar-refractivity contribution in [2.45, 2.75) is 19.6 Å². The maximum Gasteiger partial charge on any atom is 0.260 e. The van der Waals surface area contributed by atoms with Crippen molar-refractivity contribution in [3.05, 3.63) is 119 Å². The second-order valence-corrected chi connectivity index (χ2v) is 10.8. The van der Waals surface area contributed by atoms with E-state index in [9.17, 15) is 4.79 Å². The minimum atomic E-state index is -0.187. The van der Waals surface area contributed by atoms with Gasteiger partial charge in [0.05, 0.1) is 25.0 Å². The molecule has 0 atom stereocenters. The van der Waals surface area contributed by atoms with E-state index in [4.69, 9.17) is 28.8 Å². The molecule has 0 saturated heterocycles. The predicted octanol–water partition coefficient (Wildman–Crippen LogP) is 6.47. The Labute approximate surface area is 268 Å². The van der Waals surface area contributed by atoms with E-state index in [0.717, 1.165) is 33.7 Å². The van der Waals surface area contributed by atoms with Gasteiger partial charge < -0.3 is 33.9 Å². The van der Waals surface area contributed by atoms with Gasteiger partial charge in [-0.1, -0.05) is 66.7 Å².